The molecule has 1 atom stereocenters. The van der Waals surface area contributed by atoms with Gasteiger partial charge in [0.1, 0.15) is 21.8 Å². The standard InChI is InChI=1S/C25H33N5O3S2/c1-4-8-29-22(28-11-9-27(5-2)10-12-28)19(17(3)20(15-26)23(29)31)14-21-24(32)30(25(34)35-21)16-18-7-6-13-33-18/h14,18H,4-13,16H2,1-3H3. The third-order valence-corrected chi connectivity index (χ3v) is 8.35. The normalized spacial score (nSPS) is 22.5. The SMILES string of the molecule is CCCn1c(N2CCN(CC)CC2)c(C=C2SC(=S)N(CC3CCCO3)C2=O)c(C)c(C#N)c1=O. The largest absolute Gasteiger partial charge is 0.376 e. The Morgan fingerprint density at radius 2 is 1.97 bits per heavy atom. The number of thioether (sulfide) groups is 1. The number of pyridine rings is 1. The summed E-state index contributed by atoms with van der Waals surface area (Å²) >= 11 is 6.83. The average Bonchev–Trinajstić information content (AvgIpc) is 3.47. The van der Waals surface area contributed by atoms with E-state index in [1.807, 2.05) is 13.0 Å². The van der Waals surface area contributed by atoms with Crippen LogP contribution in [0.2, 0.25) is 0 Å². The number of nitriles is 1. The van der Waals surface area contributed by atoms with Crippen LogP contribution in [-0.4, -0.2) is 76.6 Å². The van der Waals surface area contributed by atoms with Gasteiger partial charge in [0.25, 0.3) is 11.5 Å². The van der Waals surface area contributed by atoms with Crippen molar-refractivity contribution in [2.45, 2.75) is 52.7 Å². The molecule has 0 radical (unpaired) electrons. The smallest absolute Gasteiger partial charge is 0.270 e. The Kier molecular flexibility index (Phi) is 8.32. The molecule has 3 fully saturated rings. The predicted molar refractivity (Wildman–Crippen MR) is 144 cm³/mol. The van der Waals surface area contributed by atoms with Crippen LogP contribution in [0.4, 0.5) is 5.82 Å². The maximum Gasteiger partial charge on any atom is 0.270 e. The minimum Gasteiger partial charge on any atom is -0.376 e. The lowest BCUT2D eigenvalue weighted by molar-refractivity contribution is -0.123. The van der Waals surface area contributed by atoms with Crippen LogP contribution in [0.15, 0.2) is 9.70 Å². The summed E-state index contributed by atoms with van der Waals surface area (Å²) < 4.78 is 7.97. The second kappa shape index (κ2) is 11.2. The molecule has 0 spiro atoms. The number of piperazine rings is 1. The number of carbonyl (C=O) groups is 1. The number of hydrogen-bond acceptors (Lipinski definition) is 8. The van der Waals surface area contributed by atoms with E-state index in [0.717, 1.165) is 70.0 Å². The Bertz CT molecular complexity index is 1130. The van der Waals surface area contributed by atoms with Gasteiger partial charge in [0.15, 0.2) is 0 Å². The predicted octanol–water partition coefficient (Wildman–Crippen LogP) is 2.96. The molecule has 0 aromatic carbocycles. The highest BCUT2D eigenvalue weighted by molar-refractivity contribution is 8.26. The zero-order valence-electron chi connectivity index (χ0n) is 20.7. The highest BCUT2D eigenvalue weighted by Crippen LogP contribution is 2.36. The van der Waals surface area contributed by atoms with Gasteiger partial charge >= 0.3 is 0 Å². The van der Waals surface area contributed by atoms with Crippen LogP contribution in [0, 0.1) is 18.3 Å². The Labute approximate surface area is 216 Å². The molecule has 35 heavy (non-hydrogen) atoms. The minimum absolute atomic E-state index is 0.0145. The maximum absolute atomic E-state index is 13.4. The van der Waals surface area contributed by atoms with Crippen molar-refractivity contribution in [1.29, 1.82) is 5.26 Å². The molecule has 8 nitrogen and oxygen atoms in total. The molecule has 3 aliphatic heterocycles. The molecule has 4 rings (SSSR count). The number of anilines is 1. The molecular formula is C25H33N5O3S2. The van der Waals surface area contributed by atoms with Crippen molar-refractivity contribution in [3.8, 4) is 6.07 Å². The summed E-state index contributed by atoms with van der Waals surface area (Å²) in [6.45, 7) is 12.0. The number of thiocarbonyl (C=S) groups is 1. The molecule has 188 valence electrons. The van der Waals surface area contributed by atoms with E-state index in [2.05, 4.69) is 22.8 Å². The van der Waals surface area contributed by atoms with Gasteiger partial charge in [0.2, 0.25) is 0 Å². The van der Waals surface area contributed by atoms with Gasteiger partial charge in [0, 0.05) is 44.9 Å². The molecular weight excluding hydrogens is 482 g/mol. The van der Waals surface area contributed by atoms with E-state index in [4.69, 9.17) is 17.0 Å². The van der Waals surface area contributed by atoms with Crippen LogP contribution in [0.5, 0.6) is 0 Å². The van der Waals surface area contributed by atoms with Crippen LogP contribution >= 0.6 is 24.0 Å². The Hall–Kier alpha value is -2.19. The molecule has 0 aliphatic carbocycles. The molecule has 1 aromatic heterocycles. The van der Waals surface area contributed by atoms with E-state index in [1.165, 1.54) is 11.8 Å². The highest BCUT2D eigenvalue weighted by Gasteiger charge is 2.35. The van der Waals surface area contributed by atoms with Crippen LogP contribution in [0.25, 0.3) is 6.08 Å². The van der Waals surface area contributed by atoms with E-state index in [0.29, 0.717) is 27.9 Å². The van der Waals surface area contributed by atoms with E-state index in [1.54, 1.807) is 16.4 Å². The molecule has 1 amide bonds. The van der Waals surface area contributed by atoms with E-state index in [9.17, 15) is 14.9 Å². The fourth-order valence-corrected chi connectivity index (χ4v) is 6.23. The summed E-state index contributed by atoms with van der Waals surface area (Å²) in [5.74, 6) is 0.664. The first kappa shape index (κ1) is 25.9. The van der Waals surface area contributed by atoms with Gasteiger partial charge in [-0.25, -0.2) is 0 Å². The number of aromatic nitrogens is 1. The van der Waals surface area contributed by atoms with Crippen LogP contribution < -0.4 is 10.5 Å². The topological polar surface area (TPSA) is 81.8 Å². The van der Waals surface area contributed by atoms with E-state index >= 15 is 0 Å². The van der Waals surface area contributed by atoms with Crippen molar-refractivity contribution in [1.82, 2.24) is 14.4 Å². The minimum atomic E-state index is -0.261. The third kappa shape index (κ3) is 5.19. The van der Waals surface area contributed by atoms with E-state index < -0.39 is 0 Å². The molecule has 0 saturated carbocycles. The van der Waals surface area contributed by atoms with Gasteiger partial charge < -0.3 is 14.5 Å². The Morgan fingerprint density at radius 3 is 2.57 bits per heavy atom. The van der Waals surface area contributed by atoms with Crippen molar-refractivity contribution in [3.05, 3.63) is 31.9 Å². The number of rotatable bonds is 7. The molecule has 0 N–H and O–H groups in total. The summed E-state index contributed by atoms with van der Waals surface area (Å²) in [4.78, 5) is 33.4. The zero-order chi connectivity index (χ0) is 25.1. The molecule has 10 heteroatoms. The zero-order valence-corrected chi connectivity index (χ0v) is 22.3. The quantitative estimate of drug-likeness (QED) is 0.405. The van der Waals surface area contributed by atoms with Gasteiger partial charge in [-0.1, -0.05) is 37.8 Å². The fourth-order valence-electron chi connectivity index (χ4n) is 4.97. The maximum atomic E-state index is 13.4. The van der Waals surface area contributed by atoms with Crippen LogP contribution in [0.1, 0.15) is 49.8 Å². The summed E-state index contributed by atoms with van der Waals surface area (Å²) in [7, 11) is 0. The van der Waals surface area contributed by atoms with Crippen molar-refractivity contribution in [2.24, 2.45) is 0 Å². The number of ether oxygens (including phenoxy) is 1. The molecule has 3 saturated heterocycles. The highest BCUT2D eigenvalue weighted by atomic mass is 32.2. The summed E-state index contributed by atoms with van der Waals surface area (Å²) in [6.07, 6.45) is 4.55. The monoisotopic (exact) mass is 515 g/mol. The van der Waals surface area contributed by atoms with Gasteiger partial charge in [0.05, 0.1) is 17.6 Å². The van der Waals surface area contributed by atoms with Crippen LogP contribution in [-0.2, 0) is 16.1 Å². The van der Waals surface area contributed by atoms with Gasteiger partial charge in [-0.2, -0.15) is 5.26 Å². The average molecular weight is 516 g/mol. The van der Waals surface area contributed by atoms with Gasteiger partial charge in [-0.15, -0.1) is 0 Å². The first-order valence-corrected chi connectivity index (χ1v) is 13.6. The lowest BCUT2D eigenvalue weighted by Gasteiger charge is -2.37. The first-order valence-electron chi connectivity index (χ1n) is 12.4. The summed E-state index contributed by atoms with van der Waals surface area (Å²) in [6, 6.07) is 2.12. The van der Waals surface area contributed by atoms with Gasteiger partial charge in [-0.3, -0.25) is 19.1 Å². The summed E-state index contributed by atoms with van der Waals surface area (Å²) in [5.41, 5.74) is 1.25. The summed E-state index contributed by atoms with van der Waals surface area (Å²) in [5, 5.41) is 9.82. The number of hydrogen-bond donors (Lipinski definition) is 0. The number of amides is 1. The third-order valence-electron chi connectivity index (χ3n) is 6.97. The van der Waals surface area contributed by atoms with Crippen molar-refractivity contribution in [2.75, 3.05) is 50.8 Å². The number of nitrogens with zero attached hydrogens (tertiary/aromatic N) is 5. The van der Waals surface area contributed by atoms with Crippen molar-refractivity contribution >= 4 is 46.1 Å². The van der Waals surface area contributed by atoms with Crippen molar-refractivity contribution in [3.63, 3.8) is 0 Å². The Morgan fingerprint density at radius 1 is 1.23 bits per heavy atom. The Balaban J connectivity index is 1.78. The lowest BCUT2D eigenvalue weighted by atomic mass is 10.0. The molecule has 0 bridgehead atoms. The van der Waals surface area contributed by atoms with Gasteiger partial charge in [-0.05, 0) is 44.4 Å². The fraction of sp³-hybridized carbons (Fsp3) is 0.600. The number of likely N-dealkylation sites (N-methyl/N-ethyl adjacent to an activating group) is 1. The second-order valence-electron chi connectivity index (χ2n) is 9.15. The van der Waals surface area contributed by atoms with Crippen LogP contribution in [0.3, 0.4) is 0 Å². The molecule has 3 aliphatic rings. The lowest BCUT2D eigenvalue weighted by Crippen LogP contribution is -2.48. The molecule has 1 aromatic rings. The second-order valence-corrected chi connectivity index (χ2v) is 10.8. The van der Waals surface area contributed by atoms with Crippen molar-refractivity contribution < 1.29 is 9.53 Å². The van der Waals surface area contributed by atoms with E-state index in [-0.39, 0.29) is 23.1 Å². The number of carbonyl (C=O) groups excluding carboxylic acids is 1. The molecule has 1 unspecified atom stereocenters. The first-order chi connectivity index (χ1) is 16.9. The molecule has 4 heterocycles.